The van der Waals surface area contributed by atoms with Crippen LogP contribution < -0.4 is 20.3 Å². The van der Waals surface area contributed by atoms with Crippen LogP contribution in [0, 0.1) is 0 Å². The highest BCUT2D eigenvalue weighted by atomic mass is 16.7. The van der Waals surface area contributed by atoms with Gasteiger partial charge in [0.2, 0.25) is 6.79 Å². The van der Waals surface area contributed by atoms with Gasteiger partial charge in [0.05, 0.1) is 29.0 Å². The van der Waals surface area contributed by atoms with Gasteiger partial charge in [-0.1, -0.05) is 20.3 Å². The Morgan fingerprint density at radius 3 is 2.67 bits per heavy atom. The number of aliphatic hydroxyl groups is 1. The van der Waals surface area contributed by atoms with Crippen LogP contribution in [0.1, 0.15) is 55.4 Å². The molecular weight excluding hydrogens is 462 g/mol. The van der Waals surface area contributed by atoms with E-state index in [0.29, 0.717) is 40.6 Å². The molecule has 0 saturated heterocycles. The molecule has 3 aromatic rings. The molecule has 3 aliphatic rings. The summed E-state index contributed by atoms with van der Waals surface area (Å²) in [6.45, 7) is 6.01. The van der Waals surface area contributed by atoms with Gasteiger partial charge in [0.25, 0.3) is 5.56 Å². The fourth-order valence-electron chi connectivity index (χ4n) is 5.48. The molecule has 188 valence electrons. The molecule has 2 N–H and O–H groups in total. The number of cyclic esters (lactones) is 1. The van der Waals surface area contributed by atoms with Gasteiger partial charge in [0.15, 0.2) is 17.1 Å². The molecule has 0 aliphatic carbocycles. The summed E-state index contributed by atoms with van der Waals surface area (Å²) >= 11 is 0. The second kappa shape index (κ2) is 8.60. The third-order valence-corrected chi connectivity index (χ3v) is 7.56. The zero-order chi connectivity index (χ0) is 25.0. The van der Waals surface area contributed by atoms with Gasteiger partial charge in [-0.2, -0.15) is 0 Å². The van der Waals surface area contributed by atoms with Crippen LogP contribution in [-0.2, 0) is 34.7 Å². The Bertz CT molecular complexity index is 1460. The smallest absolute Gasteiger partial charge is 0.343 e. The highest BCUT2D eigenvalue weighted by molar-refractivity contribution is 5.91. The number of ether oxygens (including phenoxy) is 3. The minimum Gasteiger partial charge on any atom is -0.458 e. The number of fused-ring (bicyclic) bond motifs is 6. The first-order valence-corrected chi connectivity index (χ1v) is 12.6. The number of nitrogens with zero attached hydrogens (tertiary/aromatic N) is 2. The Hall–Kier alpha value is -3.43. The van der Waals surface area contributed by atoms with Crippen LogP contribution in [0.5, 0.6) is 11.5 Å². The van der Waals surface area contributed by atoms with Crippen LogP contribution in [0.3, 0.4) is 0 Å². The van der Waals surface area contributed by atoms with E-state index in [-0.39, 0.29) is 25.4 Å². The number of carbonyl (C=O) groups excluding carboxylic acids is 1. The number of benzene rings is 1. The number of nitrogens with one attached hydrogen (secondary N) is 1. The topological polar surface area (TPSA) is 112 Å². The summed E-state index contributed by atoms with van der Waals surface area (Å²) in [5, 5.41) is 15.6. The van der Waals surface area contributed by atoms with Gasteiger partial charge in [-0.3, -0.25) is 4.79 Å². The van der Waals surface area contributed by atoms with E-state index in [1.54, 1.807) is 17.6 Å². The fourth-order valence-corrected chi connectivity index (χ4v) is 5.48. The van der Waals surface area contributed by atoms with E-state index < -0.39 is 11.6 Å². The summed E-state index contributed by atoms with van der Waals surface area (Å²) in [5.41, 5.74) is 2.68. The first kappa shape index (κ1) is 23.0. The SMILES string of the molecule is CCCCNCCc1c2c(nc3cc4c(cc13)OCO4)-c1cc3c(c(=O)n1C2)COC(=O)[C@]3(O)CC. The molecule has 6 rings (SSSR count). The second-order valence-electron chi connectivity index (χ2n) is 9.60. The lowest BCUT2D eigenvalue weighted by molar-refractivity contribution is -0.172. The maximum Gasteiger partial charge on any atom is 0.343 e. The minimum absolute atomic E-state index is 0.109. The third kappa shape index (κ3) is 3.33. The van der Waals surface area contributed by atoms with E-state index in [1.165, 1.54) is 0 Å². The van der Waals surface area contributed by atoms with E-state index >= 15 is 0 Å². The molecular formula is C27H29N3O6. The Balaban J connectivity index is 1.53. The number of hydrogen-bond acceptors (Lipinski definition) is 8. The maximum atomic E-state index is 13.6. The average molecular weight is 492 g/mol. The van der Waals surface area contributed by atoms with Crippen LogP contribution >= 0.6 is 0 Å². The Morgan fingerprint density at radius 1 is 1.08 bits per heavy atom. The van der Waals surface area contributed by atoms with E-state index in [1.807, 2.05) is 12.1 Å². The van der Waals surface area contributed by atoms with Gasteiger partial charge in [-0.25, -0.2) is 9.78 Å². The summed E-state index contributed by atoms with van der Waals surface area (Å²) in [6.07, 6.45) is 3.11. The second-order valence-corrected chi connectivity index (χ2v) is 9.60. The highest BCUT2D eigenvalue weighted by Crippen LogP contribution is 2.43. The highest BCUT2D eigenvalue weighted by Gasteiger charge is 2.45. The van der Waals surface area contributed by atoms with Crippen molar-refractivity contribution in [1.82, 2.24) is 14.9 Å². The number of aromatic nitrogens is 2. The van der Waals surface area contributed by atoms with Gasteiger partial charge < -0.3 is 29.2 Å². The summed E-state index contributed by atoms with van der Waals surface area (Å²) in [7, 11) is 0. The molecule has 1 aromatic carbocycles. The van der Waals surface area contributed by atoms with Crippen LogP contribution in [0.4, 0.5) is 0 Å². The summed E-state index contributed by atoms with van der Waals surface area (Å²) in [6, 6.07) is 5.61. The largest absolute Gasteiger partial charge is 0.458 e. The van der Waals surface area contributed by atoms with Crippen LogP contribution in [0.25, 0.3) is 22.3 Å². The van der Waals surface area contributed by atoms with Crippen molar-refractivity contribution in [3.05, 3.63) is 50.8 Å². The summed E-state index contributed by atoms with van der Waals surface area (Å²) in [5.74, 6) is 0.611. The minimum atomic E-state index is -1.85. The average Bonchev–Trinajstić information content (AvgIpc) is 3.49. The molecule has 0 bridgehead atoms. The van der Waals surface area contributed by atoms with Crippen molar-refractivity contribution in [3.63, 3.8) is 0 Å². The van der Waals surface area contributed by atoms with E-state index in [9.17, 15) is 14.7 Å². The molecule has 36 heavy (non-hydrogen) atoms. The zero-order valence-corrected chi connectivity index (χ0v) is 20.5. The zero-order valence-electron chi connectivity index (χ0n) is 20.5. The lowest BCUT2D eigenvalue weighted by atomic mass is 9.86. The molecule has 0 unspecified atom stereocenters. The number of esters is 1. The standard InChI is InChI=1S/C27H29N3O6/c1-3-5-7-28-8-6-15-16-9-22-23(36-14-35-22)11-20(16)29-24-17(15)12-30-21(24)10-19-18(25(30)31)13-34-26(32)27(19,33)4-2/h9-11,28,33H,3-8,12-14H2,1-2H3/t27-/m0/s1. The molecule has 9 nitrogen and oxygen atoms in total. The van der Waals surface area contributed by atoms with E-state index in [0.717, 1.165) is 54.4 Å². The van der Waals surface area contributed by atoms with Crippen molar-refractivity contribution in [3.8, 4) is 22.9 Å². The van der Waals surface area contributed by atoms with E-state index in [2.05, 4.69) is 12.2 Å². The Labute approximate surface area is 208 Å². The number of carbonyl (C=O) groups is 1. The van der Waals surface area contributed by atoms with Crippen LogP contribution in [-0.4, -0.2) is 40.5 Å². The fraction of sp³-hybridized carbons (Fsp3) is 0.444. The molecule has 2 aromatic heterocycles. The maximum absolute atomic E-state index is 13.6. The van der Waals surface area contributed by atoms with Crippen molar-refractivity contribution in [1.29, 1.82) is 0 Å². The van der Waals surface area contributed by atoms with Crippen molar-refractivity contribution < 1.29 is 24.1 Å². The molecule has 3 aliphatic heterocycles. The Morgan fingerprint density at radius 2 is 1.89 bits per heavy atom. The first-order valence-electron chi connectivity index (χ1n) is 12.6. The van der Waals surface area contributed by atoms with Gasteiger partial charge >= 0.3 is 5.97 Å². The van der Waals surface area contributed by atoms with E-state index in [4.69, 9.17) is 19.2 Å². The van der Waals surface area contributed by atoms with Crippen LogP contribution in [0.15, 0.2) is 23.0 Å². The molecule has 0 spiro atoms. The van der Waals surface area contributed by atoms with Crippen molar-refractivity contribution in [2.75, 3.05) is 19.9 Å². The number of pyridine rings is 2. The lowest BCUT2D eigenvalue weighted by Crippen LogP contribution is -2.44. The third-order valence-electron chi connectivity index (χ3n) is 7.56. The molecule has 0 radical (unpaired) electrons. The number of rotatable bonds is 7. The van der Waals surface area contributed by atoms with Crippen LogP contribution in [0.2, 0.25) is 0 Å². The monoisotopic (exact) mass is 491 g/mol. The van der Waals surface area contributed by atoms with Crippen molar-refractivity contribution in [2.45, 2.75) is 58.3 Å². The predicted octanol–water partition coefficient (Wildman–Crippen LogP) is 2.74. The molecule has 0 fully saturated rings. The number of unbranched alkanes of at least 4 members (excludes halogenated alkanes) is 1. The van der Waals surface area contributed by atoms with Crippen molar-refractivity contribution >= 4 is 16.9 Å². The lowest BCUT2D eigenvalue weighted by Gasteiger charge is -2.31. The normalized spacial score (nSPS) is 19.2. The number of hydrogen-bond donors (Lipinski definition) is 2. The van der Waals surface area contributed by atoms with Gasteiger partial charge in [0.1, 0.15) is 6.61 Å². The molecule has 5 heterocycles. The molecule has 0 saturated carbocycles. The predicted molar refractivity (Wildman–Crippen MR) is 132 cm³/mol. The molecule has 1 atom stereocenters. The quantitative estimate of drug-likeness (QED) is 0.300. The molecule has 9 heteroatoms. The van der Waals surface area contributed by atoms with Gasteiger partial charge in [-0.15, -0.1) is 0 Å². The molecule has 0 amide bonds. The van der Waals surface area contributed by atoms with Gasteiger partial charge in [0, 0.05) is 22.6 Å². The Kier molecular flexibility index (Phi) is 5.49. The first-order chi connectivity index (χ1) is 17.5. The summed E-state index contributed by atoms with van der Waals surface area (Å²) in [4.78, 5) is 31.0. The van der Waals surface area contributed by atoms with Crippen molar-refractivity contribution in [2.24, 2.45) is 0 Å². The summed E-state index contributed by atoms with van der Waals surface area (Å²) < 4.78 is 18.1. The van der Waals surface area contributed by atoms with Gasteiger partial charge in [-0.05, 0) is 50.0 Å².